The number of nitrogens with zero attached hydrogens (tertiary/aromatic N) is 2. The van der Waals surface area contributed by atoms with Gasteiger partial charge in [-0.1, -0.05) is 35.9 Å². The van der Waals surface area contributed by atoms with Crippen LogP contribution in [0, 0.1) is 0 Å². The Bertz CT molecular complexity index is 1460. The predicted molar refractivity (Wildman–Crippen MR) is 127 cm³/mol. The number of nitrogens with one attached hydrogen (secondary N) is 1. The molecule has 0 aliphatic rings. The third-order valence-electron chi connectivity index (χ3n) is 5.07. The minimum absolute atomic E-state index is 0.180. The van der Waals surface area contributed by atoms with Gasteiger partial charge < -0.3 is 14.8 Å². The van der Waals surface area contributed by atoms with Gasteiger partial charge in [0.25, 0.3) is 5.56 Å². The van der Waals surface area contributed by atoms with Crippen molar-refractivity contribution < 1.29 is 14.3 Å². The third kappa shape index (κ3) is 4.33. The van der Waals surface area contributed by atoms with Gasteiger partial charge in [0, 0.05) is 16.8 Å². The van der Waals surface area contributed by atoms with Gasteiger partial charge in [0.05, 0.1) is 30.8 Å². The van der Waals surface area contributed by atoms with E-state index in [2.05, 4.69) is 5.32 Å². The molecule has 0 saturated heterocycles. The van der Waals surface area contributed by atoms with E-state index < -0.39 is 17.2 Å². The summed E-state index contributed by atoms with van der Waals surface area (Å²) in [4.78, 5) is 39.7. The molecule has 9 heteroatoms. The summed E-state index contributed by atoms with van der Waals surface area (Å²) in [7, 11) is 2.89. The van der Waals surface area contributed by atoms with E-state index >= 15 is 0 Å². The van der Waals surface area contributed by atoms with Gasteiger partial charge in [-0.2, -0.15) is 0 Å². The number of anilines is 1. The Morgan fingerprint density at radius 3 is 2.30 bits per heavy atom. The average Bonchev–Trinajstić information content (AvgIpc) is 2.81. The van der Waals surface area contributed by atoms with Crippen LogP contribution in [-0.2, 0) is 11.3 Å². The Morgan fingerprint density at radius 2 is 1.64 bits per heavy atom. The fourth-order valence-electron chi connectivity index (χ4n) is 3.56. The molecule has 3 aromatic carbocycles. The van der Waals surface area contributed by atoms with Crippen molar-refractivity contribution in [2.45, 2.75) is 6.54 Å². The van der Waals surface area contributed by atoms with Crippen LogP contribution in [0.25, 0.3) is 16.6 Å². The number of hydrogen-bond donors (Lipinski definition) is 1. The molecule has 0 saturated carbocycles. The third-order valence-corrected chi connectivity index (χ3v) is 5.31. The standard InChI is InChI=1S/C24H20ClN3O5/c1-32-20-12-18-19(13-21(20)33-2)27(14-22(29)26-16-8-4-3-5-9-16)24(31)28(23(18)30)17-10-6-7-15(25)11-17/h3-13H,14H2,1-2H3,(H,26,29). The quantitative estimate of drug-likeness (QED) is 0.471. The molecule has 0 aliphatic carbocycles. The van der Waals surface area contributed by atoms with Crippen LogP contribution in [0.1, 0.15) is 0 Å². The molecule has 0 radical (unpaired) electrons. The van der Waals surface area contributed by atoms with E-state index in [1.165, 1.54) is 37.0 Å². The number of fused-ring (bicyclic) bond motifs is 1. The SMILES string of the molecule is COc1cc2c(=O)n(-c3cccc(Cl)c3)c(=O)n(CC(=O)Nc3ccccc3)c2cc1OC. The van der Waals surface area contributed by atoms with Crippen LogP contribution in [0.3, 0.4) is 0 Å². The molecule has 0 atom stereocenters. The number of aromatic nitrogens is 2. The van der Waals surface area contributed by atoms with Gasteiger partial charge in [-0.3, -0.25) is 14.2 Å². The van der Waals surface area contributed by atoms with Crippen LogP contribution < -0.4 is 26.0 Å². The Morgan fingerprint density at radius 1 is 0.939 bits per heavy atom. The van der Waals surface area contributed by atoms with E-state index in [-0.39, 0.29) is 23.1 Å². The fraction of sp³-hybridized carbons (Fsp3) is 0.125. The zero-order chi connectivity index (χ0) is 23.5. The highest BCUT2D eigenvalue weighted by Crippen LogP contribution is 2.30. The van der Waals surface area contributed by atoms with Crippen molar-refractivity contribution in [3.8, 4) is 17.2 Å². The summed E-state index contributed by atoms with van der Waals surface area (Å²) in [5.74, 6) is 0.205. The smallest absolute Gasteiger partial charge is 0.336 e. The van der Waals surface area contributed by atoms with Crippen molar-refractivity contribution in [3.63, 3.8) is 0 Å². The molecule has 0 unspecified atom stereocenters. The minimum atomic E-state index is -0.690. The lowest BCUT2D eigenvalue weighted by Gasteiger charge is -2.16. The van der Waals surface area contributed by atoms with Crippen LogP contribution in [-0.4, -0.2) is 29.3 Å². The van der Waals surface area contributed by atoms with E-state index in [0.717, 1.165) is 4.57 Å². The second-order valence-corrected chi connectivity index (χ2v) is 7.56. The topological polar surface area (TPSA) is 91.6 Å². The molecule has 4 rings (SSSR count). The molecule has 1 N–H and O–H groups in total. The summed E-state index contributed by atoms with van der Waals surface area (Å²) in [6, 6.07) is 18.2. The molecular weight excluding hydrogens is 446 g/mol. The van der Waals surface area contributed by atoms with Crippen LogP contribution in [0.2, 0.25) is 5.02 Å². The molecule has 0 spiro atoms. The summed E-state index contributed by atoms with van der Waals surface area (Å²) >= 11 is 6.09. The summed E-state index contributed by atoms with van der Waals surface area (Å²) < 4.78 is 12.9. The van der Waals surface area contributed by atoms with E-state index in [0.29, 0.717) is 22.2 Å². The maximum absolute atomic E-state index is 13.5. The highest BCUT2D eigenvalue weighted by molar-refractivity contribution is 6.30. The van der Waals surface area contributed by atoms with Crippen molar-refractivity contribution in [3.05, 3.63) is 92.6 Å². The number of amides is 1. The van der Waals surface area contributed by atoms with E-state index in [1.807, 2.05) is 6.07 Å². The van der Waals surface area contributed by atoms with Gasteiger partial charge in [-0.25, -0.2) is 9.36 Å². The molecule has 1 heterocycles. The molecule has 4 aromatic rings. The summed E-state index contributed by atoms with van der Waals surface area (Å²) in [5.41, 5.74) is -0.152. The maximum Gasteiger partial charge on any atom is 0.336 e. The highest BCUT2D eigenvalue weighted by Gasteiger charge is 2.20. The molecule has 168 valence electrons. The van der Waals surface area contributed by atoms with Gasteiger partial charge in [-0.15, -0.1) is 0 Å². The zero-order valence-corrected chi connectivity index (χ0v) is 18.6. The van der Waals surface area contributed by atoms with Crippen LogP contribution in [0.15, 0.2) is 76.3 Å². The molecule has 0 bridgehead atoms. The van der Waals surface area contributed by atoms with Crippen molar-refractivity contribution in [2.24, 2.45) is 0 Å². The Hall–Kier alpha value is -4.04. The number of carbonyl (C=O) groups is 1. The summed E-state index contributed by atoms with van der Waals surface area (Å²) in [5, 5.41) is 3.29. The minimum Gasteiger partial charge on any atom is -0.493 e. The van der Waals surface area contributed by atoms with Gasteiger partial charge in [0.2, 0.25) is 5.91 Å². The first-order valence-corrected chi connectivity index (χ1v) is 10.3. The number of ether oxygens (including phenoxy) is 2. The highest BCUT2D eigenvalue weighted by atomic mass is 35.5. The van der Waals surface area contributed by atoms with Gasteiger partial charge >= 0.3 is 5.69 Å². The normalized spacial score (nSPS) is 10.8. The zero-order valence-electron chi connectivity index (χ0n) is 17.9. The molecule has 8 nitrogen and oxygen atoms in total. The molecule has 1 aromatic heterocycles. The maximum atomic E-state index is 13.5. The van der Waals surface area contributed by atoms with E-state index in [9.17, 15) is 14.4 Å². The van der Waals surface area contributed by atoms with Crippen molar-refractivity contribution in [1.82, 2.24) is 9.13 Å². The lowest BCUT2D eigenvalue weighted by atomic mass is 10.2. The van der Waals surface area contributed by atoms with Gasteiger partial charge in [-0.05, 0) is 36.4 Å². The van der Waals surface area contributed by atoms with Gasteiger partial charge in [0.1, 0.15) is 6.54 Å². The van der Waals surface area contributed by atoms with Crippen LogP contribution in [0.5, 0.6) is 11.5 Å². The van der Waals surface area contributed by atoms with Crippen LogP contribution in [0.4, 0.5) is 5.69 Å². The lowest BCUT2D eigenvalue weighted by molar-refractivity contribution is -0.116. The van der Waals surface area contributed by atoms with Crippen molar-refractivity contribution in [1.29, 1.82) is 0 Å². The van der Waals surface area contributed by atoms with E-state index in [1.54, 1.807) is 42.5 Å². The molecule has 0 aliphatic heterocycles. The van der Waals surface area contributed by atoms with Crippen molar-refractivity contribution >= 4 is 34.1 Å². The number of rotatable bonds is 6. The second-order valence-electron chi connectivity index (χ2n) is 7.13. The molecule has 0 fully saturated rings. The summed E-state index contributed by atoms with van der Waals surface area (Å²) in [6.07, 6.45) is 0. The van der Waals surface area contributed by atoms with Crippen LogP contribution >= 0.6 is 11.6 Å². The Labute approximate surface area is 193 Å². The Kier molecular flexibility index (Phi) is 6.19. The monoisotopic (exact) mass is 465 g/mol. The number of methoxy groups -OCH3 is 2. The number of halogens is 1. The van der Waals surface area contributed by atoms with E-state index in [4.69, 9.17) is 21.1 Å². The molecule has 1 amide bonds. The molecule has 33 heavy (non-hydrogen) atoms. The number of carbonyl (C=O) groups excluding carboxylic acids is 1. The fourth-order valence-corrected chi connectivity index (χ4v) is 3.74. The largest absolute Gasteiger partial charge is 0.493 e. The Balaban J connectivity index is 1.95. The predicted octanol–water partition coefficient (Wildman–Crippen LogP) is 3.46. The first-order valence-electron chi connectivity index (χ1n) is 9.95. The van der Waals surface area contributed by atoms with Gasteiger partial charge in [0.15, 0.2) is 11.5 Å². The molecular formula is C24H20ClN3O5. The number of para-hydroxylation sites is 1. The lowest BCUT2D eigenvalue weighted by Crippen LogP contribution is -2.40. The second kappa shape index (κ2) is 9.22. The first kappa shape index (κ1) is 22.2. The van der Waals surface area contributed by atoms with Crippen molar-refractivity contribution in [2.75, 3.05) is 19.5 Å². The number of hydrogen-bond acceptors (Lipinski definition) is 5. The first-order chi connectivity index (χ1) is 15.9. The number of benzene rings is 3. The summed E-state index contributed by atoms with van der Waals surface area (Å²) in [6.45, 7) is -0.333. The average molecular weight is 466 g/mol.